The number of hydrogen-bond donors (Lipinski definition) is 1. The van der Waals surface area contributed by atoms with Gasteiger partial charge >= 0.3 is 0 Å². The predicted octanol–water partition coefficient (Wildman–Crippen LogP) is 1.75. The summed E-state index contributed by atoms with van der Waals surface area (Å²) in [6.07, 6.45) is 0.349. The monoisotopic (exact) mass is 191 g/mol. The molecule has 0 saturated carbocycles. The quantitative estimate of drug-likeness (QED) is 0.591. The molecule has 0 saturated heterocycles. The second-order valence-corrected chi connectivity index (χ2v) is 4.06. The van der Waals surface area contributed by atoms with Gasteiger partial charge in [-0.25, -0.2) is 0 Å². The molecule has 0 aliphatic carbocycles. The number of ether oxygens (including phenoxy) is 1. The zero-order valence-corrected chi connectivity index (χ0v) is 9.25. The number of rotatable bonds is 8. The molecule has 0 aromatic heterocycles. The van der Waals surface area contributed by atoms with Gasteiger partial charge in [-0.3, -0.25) is 0 Å². The molecule has 0 aromatic carbocycles. The molecular formula is C9H21NOS. The summed E-state index contributed by atoms with van der Waals surface area (Å²) in [6, 6.07) is 0. The van der Waals surface area contributed by atoms with Crippen molar-refractivity contribution >= 4 is 11.8 Å². The summed E-state index contributed by atoms with van der Waals surface area (Å²) in [6.45, 7) is 9.20. The molecule has 0 fully saturated rings. The third-order valence-corrected chi connectivity index (χ3v) is 2.41. The van der Waals surface area contributed by atoms with Crippen molar-refractivity contribution in [3.05, 3.63) is 0 Å². The van der Waals surface area contributed by atoms with E-state index in [2.05, 4.69) is 19.2 Å². The minimum absolute atomic E-state index is 0.349. The number of thioether (sulfide) groups is 1. The standard InChI is InChI=1S/C9H21NOS/c1-4-11-9(3)8-10-6-7-12-5-2/h9-10H,4-8H2,1-3H3. The molecule has 0 aliphatic heterocycles. The molecule has 0 amide bonds. The number of hydrogen-bond acceptors (Lipinski definition) is 3. The highest BCUT2D eigenvalue weighted by Gasteiger charge is 1.98. The van der Waals surface area contributed by atoms with E-state index in [1.807, 2.05) is 18.7 Å². The Morgan fingerprint density at radius 3 is 2.75 bits per heavy atom. The predicted molar refractivity (Wildman–Crippen MR) is 57.0 cm³/mol. The van der Waals surface area contributed by atoms with Crippen LogP contribution in [0.4, 0.5) is 0 Å². The molecule has 3 heteroatoms. The zero-order chi connectivity index (χ0) is 9.23. The lowest BCUT2D eigenvalue weighted by molar-refractivity contribution is 0.0766. The third kappa shape index (κ3) is 8.37. The van der Waals surface area contributed by atoms with Crippen molar-refractivity contribution in [3.8, 4) is 0 Å². The highest BCUT2D eigenvalue weighted by atomic mass is 32.2. The normalized spacial score (nSPS) is 13.2. The Morgan fingerprint density at radius 1 is 1.42 bits per heavy atom. The van der Waals surface area contributed by atoms with Crippen molar-refractivity contribution in [2.45, 2.75) is 26.9 Å². The van der Waals surface area contributed by atoms with Crippen LogP contribution in [0.2, 0.25) is 0 Å². The summed E-state index contributed by atoms with van der Waals surface area (Å²) >= 11 is 1.97. The van der Waals surface area contributed by atoms with Gasteiger partial charge in [0.2, 0.25) is 0 Å². The maximum absolute atomic E-state index is 5.38. The van der Waals surface area contributed by atoms with Crippen molar-refractivity contribution < 1.29 is 4.74 Å². The van der Waals surface area contributed by atoms with Gasteiger partial charge in [0.25, 0.3) is 0 Å². The summed E-state index contributed by atoms with van der Waals surface area (Å²) in [5.74, 6) is 2.41. The highest BCUT2D eigenvalue weighted by Crippen LogP contribution is 1.95. The highest BCUT2D eigenvalue weighted by molar-refractivity contribution is 7.99. The van der Waals surface area contributed by atoms with E-state index in [4.69, 9.17) is 4.74 Å². The molecule has 2 nitrogen and oxygen atoms in total. The van der Waals surface area contributed by atoms with Crippen molar-refractivity contribution in [1.29, 1.82) is 0 Å². The van der Waals surface area contributed by atoms with Crippen LogP contribution in [0.15, 0.2) is 0 Å². The van der Waals surface area contributed by atoms with Crippen molar-refractivity contribution in [2.75, 3.05) is 31.2 Å². The van der Waals surface area contributed by atoms with Gasteiger partial charge in [-0.2, -0.15) is 11.8 Å². The van der Waals surface area contributed by atoms with Gasteiger partial charge in [-0.05, 0) is 19.6 Å². The van der Waals surface area contributed by atoms with E-state index >= 15 is 0 Å². The fourth-order valence-electron chi connectivity index (χ4n) is 0.937. The van der Waals surface area contributed by atoms with Crippen LogP contribution in [0, 0.1) is 0 Å². The van der Waals surface area contributed by atoms with Crippen LogP contribution in [-0.4, -0.2) is 37.3 Å². The van der Waals surface area contributed by atoms with Crippen LogP contribution < -0.4 is 5.32 Å². The van der Waals surface area contributed by atoms with E-state index in [-0.39, 0.29) is 0 Å². The lowest BCUT2D eigenvalue weighted by Crippen LogP contribution is -2.28. The van der Waals surface area contributed by atoms with Crippen LogP contribution in [0.1, 0.15) is 20.8 Å². The molecule has 0 aliphatic rings. The summed E-state index contributed by atoms with van der Waals surface area (Å²) in [5.41, 5.74) is 0. The second kappa shape index (κ2) is 9.36. The van der Waals surface area contributed by atoms with E-state index in [1.54, 1.807) is 0 Å². The fourth-order valence-corrected chi connectivity index (χ4v) is 1.51. The molecule has 0 aromatic rings. The summed E-state index contributed by atoms with van der Waals surface area (Å²) in [7, 11) is 0. The van der Waals surface area contributed by atoms with Crippen LogP contribution in [0.3, 0.4) is 0 Å². The SMILES string of the molecule is CCOC(C)CNCCSCC. The molecule has 0 spiro atoms. The molecule has 0 radical (unpaired) electrons. The minimum atomic E-state index is 0.349. The Hall–Kier alpha value is 0.270. The third-order valence-electron chi connectivity index (χ3n) is 1.51. The molecule has 0 heterocycles. The molecule has 0 bridgehead atoms. The first-order valence-electron chi connectivity index (χ1n) is 4.71. The van der Waals surface area contributed by atoms with E-state index in [0.717, 1.165) is 19.7 Å². The Kier molecular flexibility index (Phi) is 9.57. The van der Waals surface area contributed by atoms with Crippen LogP contribution in [0.25, 0.3) is 0 Å². The molecule has 1 atom stereocenters. The smallest absolute Gasteiger partial charge is 0.0671 e. The van der Waals surface area contributed by atoms with Crippen LogP contribution in [0.5, 0.6) is 0 Å². The maximum atomic E-state index is 5.38. The Balaban J connectivity index is 2.97. The van der Waals surface area contributed by atoms with Crippen molar-refractivity contribution in [1.82, 2.24) is 5.32 Å². The molecule has 1 unspecified atom stereocenters. The lowest BCUT2D eigenvalue weighted by Gasteiger charge is -2.11. The van der Waals surface area contributed by atoms with Crippen LogP contribution in [-0.2, 0) is 4.74 Å². The summed E-state index contributed by atoms with van der Waals surface area (Å²) < 4.78 is 5.38. The summed E-state index contributed by atoms with van der Waals surface area (Å²) in [5, 5.41) is 3.36. The maximum Gasteiger partial charge on any atom is 0.0671 e. The Bertz CT molecular complexity index is 90.6. The van der Waals surface area contributed by atoms with Crippen molar-refractivity contribution in [2.24, 2.45) is 0 Å². The first-order chi connectivity index (χ1) is 5.81. The average Bonchev–Trinajstić information content (AvgIpc) is 2.05. The molecule has 1 N–H and O–H groups in total. The zero-order valence-electron chi connectivity index (χ0n) is 8.43. The first-order valence-corrected chi connectivity index (χ1v) is 5.86. The second-order valence-electron chi connectivity index (χ2n) is 2.67. The van der Waals surface area contributed by atoms with Crippen LogP contribution >= 0.6 is 11.8 Å². The molecule has 12 heavy (non-hydrogen) atoms. The van der Waals surface area contributed by atoms with Gasteiger partial charge in [0.15, 0.2) is 0 Å². The van der Waals surface area contributed by atoms with E-state index in [1.165, 1.54) is 11.5 Å². The van der Waals surface area contributed by atoms with Gasteiger partial charge in [-0.15, -0.1) is 0 Å². The molecule has 0 rings (SSSR count). The Morgan fingerprint density at radius 2 is 2.17 bits per heavy atom. The van der Waals surface area contributed by atoms with Crippen molar-refractivity contribution in [3.63, 3.8) is 0 Å². The van der Waals surface area contributed by atoms with E-state index in [9.17, 15) is 0 Å². The number of nitrogens with one attached hydrogen (secondary N) is 1. The van der Waals surface area contributed by atoms with Gasteiger partial charge in [0.05, 0.1) is 6.10 Å². The molecule has 74 valence electrons. The average molecular weight is 191 g/mol. The van der Waals surface area contributed by atoms with E-state index < -0.39 is 0 Å². The van der Waals surface area contributed by atoms with E-state index in [0.29, 0.717) is 6.10 Å². The van der Waals surface area contributed by atoms with Gasteiger partial charge < -0.3 is 10.1 Å². The molecular weight excluding hydrogens is 170 g/mol. The van der Waals surface area contributed by atoms with Gasteiger partial charge in [-0.1, -0.05) is 6.92 Å². The van der Waals surface area contributed by atoms with Gasteiger partial charge in [0, 0.05) is 25.4 Å². The minimum Gasteiger partial charge on any atom is -0.377 e. The fraction of sp³-hybridized carbons (Fsp3) is 1.00. The topological polar surface area (TPSA) is 21.3 Å². The Labute approximate surface area is 80.4 Å². The summed E-state index contributed by atoms with van der Waals surface area (Å²) in [4.78, 5) is 0. The van der Waals surface area contributed by atoms with Gasteiger partial charge in [0.1, 0.15) is 0 Å². The first kappa shape index (κ1) is 12.3. The largest absolute Gasteiger partial charge is 0.377 e. The lowest BCUT2D eigenvalue weighted by atomic mass is 10.4.